The molecule has 1 aromatic rings. The van der Waals surface area contributed by atoms with Gasteiger partial charge in [0.2, 0.25) is 0 Å². The van der Waals surface area contributed by atoms with E-state index in [9.17, 15) is 0 Å². The predicted molar refractivity (Wildman–Crippen MR) is 88.7 cm³/mol. The fourth-order valence-electron chi connectivity index (χ4n) is 3.87. The molecule has 1 aliphatic heterocycles. The Morgan fingerprint density at radius 3 is 2.48 bits per heavy atom. The van der Waals surface area contributed by atoms with E-state index in [2.05, 4.69) is 34.3 Å². The number of piperidine rings is 1. The molecule has 0 amide bonds. The molecule has 0 bridgehead atoms. The third-order valence-corrected chi connectivity index (χ3v) is 5.40. The van der Waals surface area contributed by atoms with Crippen LogP contribution in [0.5, 0.6) is 0 Å². The van der Waals surface area contributed by atoms with Crippen LogP contribution >= 0.6 is 0 Å². The highest BCUT2D eigenvalue weighted by Gasteiger charge is 2.28. The molecule has 116 valence electrons. The van der Waals surface area contributed by atoms with Gasteiger partial charge in [0.25, 0.3) is 0 Å². The third kappa shape index (κ3) is 3.97. The quantitative estimate of drug-likeness (QED) is 0.917. The molecule has 1 N–H and O–H groups in total. The molecule has 3 rings (SSSR count). The summed E-state index contributed by atoms with van der Waals surface area (Å²) in [7, 11) is 0. The number of nitrogens with one attached hydrogen (secondary N) is 1. The SMILES string of the molecule is CC1(CNC2CCN(c3ccncc3)CC2)CCCCC1. The van der Waals surface area contributed by atoms with E-state index in [-0.39, 0.29) is 0 Å². The Morgan fingerprint density at radius 2 is 1.81 bits per heavy atom. The molecule has 0 aromatic carbocycles. The highest BCUT2D eigenvalue weighted by molar-refractivity contribution is 5.44. The first kappa shape index (κ1) is 14.8. The van der Waals surface area contributed by atoms with Crippen LogP contribution in [0.1, 0.15) is 51.9 Å². The molecule has 2 heterocycles. The number of rotatable bonds is 4. The average Bonchev–Trinajstić information content (AvgIpc) is 2.55. The maximum absolute atomic E-state index is 4.10. The fourth-order valence-corrected chi connectivity index (χ4v) is 3.87. The van der Waals surface area contributed by atoms with Crippen LogP contribution in [0.25, 0.3) is 0 Å². The summed E-state index contributed by atoms with van der Waals surface area (Å²) in [5.41, 5.74) is 1.88. The van der Waals surface area contributed by atoms with Crippen LogP contribution in [0.2, 0.25) is 0 Å². The van der Waals surface area contributed by atoms with Crippen molar-refractivity contribution in [3.05, 3.63) is 24.5 Å². The topological polar surface area (TPSA) is 28.2 Å². The Kier molecular flexibility index (Phi) is 4.79. The second kappa shape index (κ2) is 6.78. The second-order valence-electron chi connectivity index (χ2n) is 7.22. The van der Waals surface area contributed by atoms with E-state index in [1.165, 1.54) is 70.3 Å². The maximum atomic E-state index is 4.10. The van der Waals surface area contributed by atoms with Gasteiger partial charge >= 0.3 is 0 Å². The lowest BCUT2D eigenvalue weighted by molar-refractivity contribution is 0.195. The van der Waals surface area contributed by atoms with Crippen LogP contribution in [0.4, 0.5) is 5.69 Å². The second-order valence-corrected chi connectivity index (χ2v) is 7.22. The fraction of sp³-hybridized carbons (Fsp3) is 0.722. The lowest BCUT2D eigenvalue weighted by Gasteiger charge is -2.38. The molecular formula is C18H29N3. The Labute approximate surface area is 129 Å². The zero-order valence-electron chi connectivity index (χ0n) is 13.4. The lowest BCUT2D eigenvalue weighted by Crippen LogP contribution is -2.46. The Balaban J connectivity index is 1.43. The number of hydrogen-bond donors (Lipinski definition) is 1. The molecule has 2 aliphatic rings. The molecule has 2 fully saturated rings. The third-order valence-electron chi connectivity index (χ3n) is 5.40. The Morgan fingerprint density at radius 1 is 1.14 bits per heavy atom. The highest BCUT2D eigenvalue weighted by Crippen LogP contribution is 2.35. The lowest BCUT2D eigenvalue weighted by atomic mass is 9.75. The van der Waals surface area contributed by atoms with Crippen LogP contribution in [-0.2, 0) is 0 Å². The summed E-state index contributed by atoms with van der Waals surface area (Å²) >= 11 is 0. The van der Waals surface area contributed by atoms with Crippen molar-refractivity contribution < 1.29 is 0 Å². The van der Waals surface area contributed by atoms with E-state index in [1.807, 2.05) is 12.4 Å². The number of anilines is 1. The van der Waals surface area contributed by atoms with Gasteiger partial charge in [0, 0.05) is 43.8 Å². The van der Waals surface area contributed by atoms with Gasteiger partial charge in [-0.1, -0.05) is 26.2 Å². The highest BCUT2D eigenvalue weighted by atomic mass is 15.1. The summed E-state index contributed by atoms with van der Waals surface area (Å²) in [5.74, 6) is 0. The molecule has 0 spiro atoms. The van der Waals surface area contributed by atoms with Crippen molar-refractivity contribution in [3.63, 3.8) is 0 Å². The van der Waals surface area contributed by atoms with Gasteiger partial charge in [-0.25, -0.2) is 0 Å². The van der Waals surface area contributed by atoms with Crippen LogP contribution in [-0.4, -0.2) is 30.7 Å². The maximum Gasteiger partial charge on any atom is 0.0397 e. The number of nitrogens with zero attached hydrogens (tertiary/aromatic N) is 2. The van der Waals surface area contributed by atoms with E-state index in [1.54, 1.807) is 0 Å². The molecule has 0 atom stereocenters. The smallest absolute Gasteiger partial charge is 0.0397 e. The molecule has 1 aromatic heterocycles. The van der Waals surface area contributed by atoms with E-state index in [4.69, 9.17) is 0 Å². The van der Waals surface area contributed by atoms with Gasteiger partial charge in [-0.3, -0.25) is 4.98 Å². The van der Waals surface area contributed by atoms with E-state index >= 15 is 0 Å². The normalized spacial score (nSPS) is 23.2. The van der Waals surface area contributed by atoms with Gasteiger partial charge in [-0.2, -0.15) is 0 Å². The van der Waals surface area contributed by atoms with E-state index in [0.717, 1.165) is 0 Å². The molecule has 0 radical (unpaired) electrons. The molecule has 0 unspecified atom stereocenters. The molecule has 21 heavy (non-hydrogen) atoms. The van der Waals surface area contributed by atoms with Crippen molar-refractivity contribution in [2.24, 2.45) is 5.41 Å². The summed E-state index contributed by atoms with van der Waals surface area (Å²) in [5, 5.41) is 3.86. The van der Waals surface area contributed by atoms with Gasteiger partial charge in [0.15, 0.2) is 0 Å². The van der Waals surface area contributed by atoms with Gasteiger partial charge in [0.1, 0.15) is 0 Å². The first-order valence-corrected chi connectivity index (χ1v) is 8.64. The first-order chi connectivity index (χ1) is 10.3. The average molecular weight is 287 g/mol. The van der Waals surface area contributed by atoms with Gasteiger partial charge in [-0.05, 0) is 43.2 Å². The summed E-state index contributed by atoms with van der Waals surface area (Å²) in [6, 6.07) is 4.95. The summed E-state index contributed by atoms with van der Waals surface area (Å²) < 4.78 is 0. The largest absolute Gasteiger partial charge is 0.371 e. The van der Waals surface area contributed by atoms with Crippen molar-refractivity contribution in [3.8, 4) is 0 Å². The van der Waals surface area contributed by atoms with E-state index in [0.29, 0.717) is 11.5 Å². The van der Waals surface area contributed by atoms with Crippen LogP contribution < -0.4 is 10.2 Å². The minimum Gasteiger partial charge on any atom is -0.371 e. The number of hydrogen-bond acceptors (Lipinski definition) is 3. The van der Waals surface area contributed by atoms with Gasteiger partial charge < -0.3 is 10.2 Å². The summed E-state index contributed by atoms with van der Waals surface area (Å²) in [6.45, 7) is 6.02. The minimum absolute atomic E-state index is 0.556. The Bertz CT molecular complexity index is 417. The number of aromatic nitrogens is 1. The van der Waals surface area contributed by atoms with E-state index < -0.39 is 0 Å². The number of pyridine rings is 1. The molecule has 3 heteroatoms. The van der Waals surface area contributed by atoms with Crippen LogP contribution in [0, 0.1) is 5.41 Å². The minimum atomic E-state index is 0.556. The van der Waals surface area contributed by atoms with Crippen molar-refractivity contribution in [1.82, 2.24) is 10.3 Å². The van der Waals surface area contributed by atoms with Crippen LogP contribution in [0.3, 0.4) is 0 Å². The van der Waals surface area contributed by atoms with Crippen LogP contribution in [0.15, 0.2) is 24.5 Å². The predicted octanol–water partition coefficient (Wildman–Crippen LogP) is 3.61. The van der Waals surface area contributed by atoms with Crippen molar-refractivity contribution in [1.29, 1.82) is 0 Å². The summed E-state index contributed by atoms with van der Waals surface area (Å²) in [4.78, 5) is 6.59. The molecule has 1 aliphatic carbocycles. The first-order valence-electron chi connectivity index (χ1n) is 8.64. The molecule has 1 saturated carbocycles. The Hall–Kier alpha value is -1.09. The van der Waals surface area contributed by atoms with Gasteiger partial charge in [-0.15, -0.1) is 0 Å². The standard InChI is InChI=1S/C18H29N3/c1-18(9-3-2-4-10-18)15-20-16-7-13-21(14-8-16)17-5-11-19-12-6-17/h5-6,11-12,16,20H,2-4,7-10,13-15H2,1H3. The molecular weight excluding hydrogens is 258 g/mol. The van der Waals surface area contributed by atoms with Crippen molar-refractivity contribution in [2.75, 3.05) is 24.5 Å². The zero-order chi connectivity index (χ0) is 14.5. The van der Waals surface area contributed by atoms with Crippen molar-refractivity contribution >= 4 is 5.69 Å². The zero-order valence-corrected chi connectivity index (χ0v) is 13.4. The molecule has 1 saturated heterocycles. The monoisotopic (exact) mass is 287 g/mol. The van der Waals surface area contributed by atoms with Crippen molar-refractivity contribution in [2.45, 2.75) is 57.9 Å². The summed E-state index contributed by atoms with van der Waals surface area (Å²) in [6.07, 6.45) is 13.4. The van der Waals surface area contributed by atoms with Gasteiger partial charge in [0.05, 0.1) is 0 Å². The molecule has 3 nitrogen and oxygen atoms in total.